The first kappa shape index (κ1) is 16.2. The molecule has 24 heavy (non-hydrogen) atoms. The van der Waals surface area contributed by atoms with Crippen LogP contribution in [0.5, 0.6) is 11.6 Å². The Balaban J connectivity index is 1.97. The van der Waals surface area contributed by atoms with Crippen molar-refractivity contribution in [2.75, 3.05) is 13.1 Å². The van der Waals surface area contributed by atoms with E-state index < -0.39 is 11.6 Å². The predicted octanol–water partition coefficient (Wildman–Crippen LogP) is 3.69. The van der Waals surface area contributed by atoms with Crippen molar-refractivity contribution in [3.63, 3.8) is 0 Å². The van der Waals surface area contributed by atoms with Gasteiger partial charge in [0.05, 0.1) is 5.56 Å². The van der Waals surface area contributed by atoms with Crippen molar-refractivity contribution in [2.45, 2.75) is 19.8 Å². The number of nitrogens with zero attached hydrogens (tertiary/aromatic N) is 3. The Kier molecular flexibility index (Phi) is 4.59. The van der Waals surface area contributed by atoms with Gasteiger partial charge in [0.2, 0.25) is 5.88 Å². The summed E-state index contributed by atoms with van der Waals surface area (Å²) >= 11 is 0. The molecule has 0 unspecified atom stereocenters. The normalized spacial score (nSPS) is 15.0. The molecule has 126 valence electrons. The summed E-state index contributed by atoms with van der Waals surface area (Å²) in [6.45, 7) is 3.34. The van der Waals surface area contributed by atoms with Crippen molar-refractivity contribution < 1.29 is 18.7 Å². The van der Waals surface area contributed by atoms with Gasteiger partial charge in [-0.1, -0.05) is 5.16 Å². The predicted molar refractivity (Wildman–Crippen MR) is 84.5 cm³/mol. The number of ether oxygens (including phenoxy) is 1. The maximum atomic E-state index is 13.4. The molecule has 1 aliphatic heterocycles. The quantitative estimate of drug-likeness (QED) is 0.403. The summed E-state index contributed by atoms with van der Waals surface area (Å²) in [5.74, 6) is -1.29. The maximum Gasteiger partial charge on any atom is 0.230 e. The van der Waals surface area contributed by atoms with Crippen molar-refractivity contribution in [3.05, 3.63) is 53.2 Å². The Hall–Kier alpha value is -2.70. The zero-order valence-corrected chi connectivity index (χ0v) is 13.2. The van der Waals surface area contributed by atoms with Gasteiger partial charge in [-0.15, -0.1) is 0 Å². The molecular weight excluding hydrogens is 316 g/mol. The van der Waals surface area contributed by atoms with Crippen molar-refractivity contribution in [3.8, 4) is 11.6 Å². The zero-order chi connectivity index (χ0) is 17.1. The second-order valence-electron chi connectivity index (χ2n) is 5.60. The number of likely N-dealkylation sites (tertiary alicyclic amines) is 1. The lowest BCUT2D eigenvalue weighted by atomic mass is 10.2. The average molecular weight is 333 g/mol. The Morgan fingerprint density at radius 1 is 1.17 bits per heavy atom. The molecule has 0 bridgehead atoms. The molecule has 0 amide bonds. The van der Waals surface area contributed by atoms with E-state index in [9.17, 15) is 14.0 Å². The number of aryl methyl sites for hydroxylation is 1. The van der Waals surface area contributed by atoms with Crippen molar-refractivity contribution in [2.24, 2.45) is 5.16 Å². The number of pyridine rings is 1. The minimum absolute atomic E-state index is 0.118. The zero-order valence-electron chi connectivity index (χ0n) is 13.2. The fourth-order valence-electron chi connectivity index (χ4n) is 2.65. The van der Waals surface area contributed by atoms with Crippen molar-refractivity contribution >= 4 is 5.84 Å². The van der Waals surface area contributed by atoms with Gasteiger partial charge in [0, 0.05) is 24.8 Å². The number of benzene rings is 1. The van der Waals surface area contributed by atoms with Crippen molar-refractivity contribution in [1.82, 2.24) is 9.88 Å². The second-order valence-corrected chi connectivity index (χ2v) is 5.60. The van der Waals surface area contributed by atoms with E-state index in [0.29, 0.717) is 17.1 Å². The van der Waals surface area contributed by atoms with Crippen LogP contribution in [0.3, 0.4) is 0 Å². The van der Waals surface area contributed by atoms with Gasteiger partial charge in [0.15, 0.2) is 17.5 Å². The topological polar surface area (TPSA) is 58.0 Å². The van der Waals surface area contributed by atoms with E-state index in [0.717, 1.165) is 38.1 Å². The van der Waals surface area contributed by atoms with Gasteiger partial charge in [-0.2, -0.15) is 0 Å². The first-order valence-corrected chi connectivity index (χ1v) is 7.66. The smallest absolute Gasteiger partial charge is 0.230 e. The molecule has 0 atom stereocenters. The van der Waals surface area contributed by atoms with Gasteiger partial charge >= 0.3 is 0 Å². The summed E-state index contributed by atoms with van der Waals surface area (Å²) in [4.78, 5) is 6.24. The minimum Gasteiger partial charge on any atom is -0.438 e. The van der Waals surface area contributed by atoms with Gasteiger partial charge in [-0.25, -0.2) is 13.8 Å². The van der Waals surface area contributed by atoms with Gasteiger partial charge in [0.25, 0.3) is 0 Å². The SMILES string of the molecule is Cc1ccc(/C(=N/O)N2CCCC2)c(Oc2ccc(F)c(F)c2)n1. The number of hydrogen-bond acceptors (Lipinski definition) is 4. The highest BCUT2D eigenvalue weighted by Crippen LogP contribution is 2.27. The van der Waals surface area contributed by atoms with E-state index in [1.54, 1.807) is 19.1 Å². The summed E-state index contributed by atoms with van der Waals surface area (Å²) in [6, 6.07) is 6.77. The lowest BCUT2D eigenvalue weighted by molar-refractivity contribution is 0.306. The van der Waals surface area contributed by atoms with E-state index in [-0.39, 0.29) is 11.6 Å². The molecule has 7 heteroatoms. The molecular formula is C17H17F2N3O2. The largest absolute Gasteiger partial charge is 0.438 e. The third-order valence-corrected chi connectivity index (χ3v) is 3.85. The molecule has 1 aromatic heterocycles. The van der Waals surface area contributed by atoms with E-state index in [4.69, 9.17) is 4.74 Å². The van der Waals surface area contributed by atoms with E-state index in [2.05, 4.69) is 10.1 Å². The Labute approximate surface area is 138 Å². The summed E-state index contributed by atoms with van der Waals surface area (Å²) in [6.07, 6.45) is 2.02. The summed E-state index contributed by atoms with van der Waals surface area (Å²) in [7, 11) is 0. The number of hydrogen-bond donors (Lipinski definition) is 1. The van der Waals surface area contributed by atoms with Crippen molar-refractivity contribution in [1.29, 1.82) is 0 Å². The standard InChI is InChI=1S/C17H17F2N3O2/c1-11-4-6-13(16(21-23)22-8-2-3-9-22)17(20-11)24-12-5-7-14(18)15(19)10-12/h4-7,10,23H,2-3,8-9H2,1H3/b21-16-. The molecule has 1 saturated heterocycles. The molecule has 1 N–H and O–H groups in total. The van der Waals surface area contributed by atoms with Gasteiger partial charge in [-0.3, -0.25) is 0 Å². The van der Waals surface area contributed by atoms with E-state index in [1.807, 2.05) is 4.90 Å². The van der Waals surface area contributed by atoms with E-state index in [1.165, 1.54) is 6.07 Å². The highest BCUT2D eigenvalue weighted by atomic mass is 19.2. The molecule has 0 spiro atoms. The molecule has 5 nitrogen and oxygen atoms in total. The summed E-state index contributed by atoms with van der Waals surface area (Å²) in [5.41, 5.74) is 1.18. The van der Waals surface area contributed by atoms with Crippen LogP contribution in [0.2, 0.25) is 0 Å². The van der Waals surface area contributed by atoms with Crippen LogP contribution in [0.1, 0.15) is 24.1 Å². The molecule has 0 radical (unpaired) electrons. The summed E-state index contributed by atoms with van der Waals surface area (Å²) in [5, 5.41) is 12.8. The third-order valence-electron chi connectivity index (χ3n) is 3.85. The van der Waals surface area contributed by atoms with Crippen LogP contribution in [-0.4, -0.2) is 34.0 Å². The number of aromatic nitrogens is 1. The van der Waals surface area contributed by atoms with Crippen LogP contribution in [0.25, 0.3) is 0 Å². The first-order chi connectivity index (χ1) is 11.6. The number of oxime groups is 1. The van der Waals surface area contributed by atoms with Gasteiger partial charge < -0.3 is 14.8 Å². The van der Waals surface area contributed by atoms with Crippen LogP contribution < -0.4 is 4.74 Å². The number of rotatable bonds is 3. The second kappa shape index (κ2) is 6.82. The highest BCUT2D eigenvalue weighted by molar-refractivity contribution is 6.00. The third kappa shape index (κ3) is 3.29. The molecule has 2 heterocycles. The first-order valence-electron chi connectivity index (χ1n) is 7.66. The molecule has 0 saturated carbocycles. The lowest BCUT2D eigenvalue weighted by Gasteiger charge is -2.20. The molecule has 1 fully saturated rings. The summed E-state index contributed by atoms with van der Waals surface area (Å²) < 4.78 is 32.1. The fraction of sp³-hybridized carbons (Fsp3) is 0.294. The Bertz CT molecular complexity index is 774. The van der Waals surface area contributed by atoms with Gasteiger partial charge in [-0.05, 0) is 44.0 Å². The number of amidine groups is 1. The van der Waals surface area contributed by atoms with Crippen LogP contribution >= 0.6 is 0 Å². The molecule has 2 aromatic rings. The maximum absolute atomic E-state index is 13.4. The Morgan fingerprint density at radius 2 is 1.92 bits per heavy atom. The average Bonchev–Trinajstić information content (AvgIpc) is 3.08. The van der Waals surface area contributed by atoms with E-state index >= 15 is 0 Å². The lowest BCUT2D eigenvalue weighted by Crippen LogP contribution is -2.29. The molecule has 3 rings (SSSR count). The number of halogens is 2. The monoisotopic (exact) mass is 333 g/mol. The highest BCUT2D eigenvalue weighted by Gasteiger charge is 2.23. The van der Waals surface area contributed by atoms with Crippen LogP contribution in [0.4, 0.5) is 8.78 Å². The Morgan fingerprint density at radius 3 is 2.58 bits per heavy atom. The molecule has 0 aliphatic carbocycles. The van der Waals surface area contributed by atoms with Crippen LogP contribution in [0, 0.1) is 18.6 Å². The minimum atomic E-state index is -1.00. The molecule has 1 aliphatic rings. The van der Waals surface area contributed by atoms with Gasteiger partial charge in [0.1, 0.15) is 5.75 Å². The fourth-order valence-corrected chi connectivity index (χ4v) is 2.65. The molecule has 1 aromatic carbocycles. The van der Waals surface area contributed by atoms with Crippen LogP contribution in [-0.2, 0) is 0 Å². The van der Waals surface area contributed by atoms with Crippen LogP contribution in [0.15, 0.2) is 35.5 Å².